The number of nitrogens with one attached hydrogen (secondary N) is 1. The van der Waals surface area contributed by atoms with Crippen molar-refractivity contribution in [3.8, 4) is 22.9 Å². The molecular formula is C33H40N6O3. The van der Waals surface area contributed by atoms with Gasteiger partial charge in [0, 0.05) is 17.0 Å². The van der Waals surface area contributed by atoms with E-state index in [1.54, 1.807) is 0 Å². The Kier molecular flexibility index (Phi) is 9.22. The number of tetrazole rings is 1. The van der Waals surface area contributed by atoms with E-state index in [9.17, 15) is 4.79 Å². The van der Waals surface area contributed by atoms with E-state index in [2.05, 4.69) is 44.9 Å². The van der Waals surface area contributed by atoms with Gasteiger partial charge >= 0.3 is 0 Å². The van der Waals surface area contributed by atoms with Gasteiger partial charge in [0.05, 0.1) is 30.9 Å². The number of unbranched alkanes of at least 4 members (excludes halogenated alkanes) is 2. The lowest BCUT2D eigenvalue weighted by atomic mass is 9.76. The van der Waals surface area contributed by atoms with Crippen molar-refractivity contribution in [2.75, 3.05) is 13.2 Å². The van der Waals surface area contributed by atoms with Gasteiger partial charge in [0.15, 0.2) is 0 Å². The molecule has 0 saturated heterocycles. The molecule has 1 fully saturated rings. The summed E-state index contributed by atoms with van der Waals surface area (Å²) >= 11 is 0. The van der Waals surface area contributed by atoms with Crippen molar-refractivity contribution < 1.29 is 14.3 Å². The Morgan fingerprint density at radius 3 is 2.29 bits per heavy atom. The van der Waals surface area contributed by atoms with E-state index in [-0.39, 0.29) is 23.8 Å². The highest BCUT2D eigenvalue weighted by Gasteiger charge is 2.42. The maximum absolute atomic E-state index is 13.5. The smallest absolute Gasteiger partial charge is 0.247 e. The fourth-order valence-corrected chi connectivity index (χ4v) is 6.32. The molecule has 3 aliphatic rings. The molecule has 1 aromatic heterocycles. The van der Waals surface area contributed by atoms with E-state index >= 15 is 0 Å². The molecule has 220 valence electrons. The first-order chi connectivity index (χ1) is 20.8. The summed E-state index contributed by atoms with van der Waals surface area (Å²) in [6, 6.07) is 16.2. The molecule has 3 aromatic rings. The number of hydrogen-bond acceptors (Lipinski definition) is 7. The molecule has 9 nitrogen and oxygen atoms in total. The molecule has 0 spiro atoms. The van der Waals surface area contributed by atoms with Crippen molar-refractivity contribution in [2.24, 2.45) is 16.9 Å². The molecule has 1 saturated carbocycles. The van der Waals surface area contributed by atoms with Gasteiger partial charge < -0.3 is 9.47 Å². The van der Waals surface area contributed by atoms with Crippen LogP contribution in [-0.4, -0.2) is 56.5 Å². The lowest BCUT2D eigenvalue weighted by molar-refractivity contribution is -0.140. The van der Waals surface area contributed by atoms with Gasteiger partial charge in [-0.2, -0.15) is 10.3 Å². The van der Waals surface area contributed by atoms with Crippen LogP contribution in [0.3, 0.4) is 0 Å². The molecule has 2 atom stereocenters. The van der Waals surface area contributed by atoms with Crippen molar-refractivity contribution in [3.05, 3.63) is 66.2 Å². The van der Waals surface area contributed by atoms with E-state index in [1.807, 2.05) is 41.4 Å². The summed E-state index contributed by atoms with van der Waals surface area (Å²) in [5.74, 6) is 2.60. The average molecular weight is 569 g/mol. The summed E-state index contributed by atoms with van der Waals surface area (Å²) < 4.78 is 12.0. The maximum Gasteiger partial charge on any atom is 0.247 e. The van der Waals surface area contributed by atoms with Crippen molar-refractivity contribution >= 4 is 11.6 Å². The lowest BCUT2D eigenvalue weighted by Crippen LogP contribution is -2.49. The number of H-pyrrole nitrogens is 1. The molecule has 42 heavy (non-hydrogen) atoms. The first-order valence-electron chi connectivity index (χ1n) is 15.5. The van der Waals surface area contributed by atoms with Crippen LogP contribution in [0.2, 0.25) is 0 Å². The highest BCUT2D eigenvalue weighted by molar-refractivity contribution is 6.07. The lowest BCUT2D eigenvalue weighted by Gasteiger charge is -2.40. The summed E-state index contributed by atoms with van der Waals surface area (Å²) in [5.41, 5.74) is 3.01. The summed E-state index contributed by atoms with van der Waals surface area (Å²) in [6.07, 6.45) is 15.9. The quantitative estimate of drug-likeness (QED) is 0.164. The first kappa shape index (κ1) is 28.1. The van der Waals surface area contributed by atoms with Gasteiger partial charge in [-0.3, -0.25) is 4.79 Å². The SMILES string of the molecule is O=C1[C@@H]2CC=CC[C@@H]2C(c2cccc(OCCCCCOc3ccc(-c4nn[nH]n4)cc3)c2)=NN1C1CCCCCC1. The standard InChI is InChI=1S/C33H40N6O3/c40-33-30-16-7-6-15-29(30)31(36-39(33)26-12-4-1-2-5-13-26)25-11-10-14-28(23-25)42-22-9-3-8-21-41-27-19-17-24(18-20-27)32-34-37-38-35-32/h6-7,10-11,14,17-20,23,26,29-30H,1-5,8-9,12-13,15-16,21-22H2,(H,34,35,37,38)/t29-,30+/m0/s1. The largest absolute Gasteiger partial charge is 0.494 e. The minimum atomic E-state index is -0.0130. The first-order valence-corrected chi connectivity index (χ1v) is 15.5. The third-order valence-electron chi connectivity index (χ3n) is 8.63. The van der Waals surface area contributed by atoms with E-state index in [4.69, 9.17) is 14.6 Å². The van der Waals surface area contributed by atoms with E-state index in [0.717, 1.165) is 73.3 Å². The summed E-state index contributed by atoms with van der Waals surface area (Å²) in [5, 5.41) is 21.0. The molecule has 6 rings (SSSR count). The number of carbonyl (C=O) groups is 1. The number of nitrogens with zero attached hydrogens (tertiary/aromatic N) is 5. The third-order valence-corrected chi connectivity index (χ3v) is 8.63. The van der Waals surface area contributed by atoms with Crippen LogP contribution in [-0.2, 0) is 4.79 Å². The van der Waals surface area contributed by atoms with Gasteiger partial charge in [0.25, 0.3) is 0 Å². The Labute approximate surface area is 247 Å². The van der Waals surface area contributed by atoms with Crippen LogP contribution in [0.15, 0.2) is 65.8 Å². The molecule has 1 amide bonds. The molecule has 0 radical (unpaired) electrons. The molecule has 1 N–H and O–H groups in total. The number of allylic oxidation sites excluding steroid dienone is 2. The van der Waals surface area contributed by atoms with Gasteiger partial charge in [0.1, 0.15) is 11.5 Å². The molecule has 0 bridgehead atoms. The molecule has 2 aromatic carbocycles. The monoisotopic (exact) mass is 568 g/mol. The Bertz CT molecular complexity index is 1360. The highest BCUT2D eigenvalue weighted by atomic mass is 16.5. The Morgan fingerprint density at radius 1 is 0.810 bits per heavy atom. The maximum atomic E-state index is 13.5. The zero-order valence-corrected chi connectivity index (χ0v) is 24.2. The van der Waals surface area contributed by atoms with Crippen molar-refractivity contribution in [2.45, 2.75) is 76.7 Å². The van der Waals surface area contributed by atoms with Gasteiger partial charge in [-0.15, -0.1) is 10.2 Å². The van der Waals surface area contributed by atoms with Crippen LogP contribution in [0.1, 0.15) is 76.2 Å². The number of amides is 1. The molecule has 9 heteroatoms. The van der Waals surface area contributed by atoms with E-state index in [1.165, 1.54) is 25.7 Å². The van der Waals surface area contributed by atoms with Crippen LogP contribution in [0.4, 0.5) is 0 Å². The van der Waals surface area contributed by atoms with Gasteiger partial charge in [-0.1, -0.05) is 50.0 Å². The summed E-state index contributed by atoms with van der Waals surface area (Å²) in [4.78, 5) is 13.5. The summed E-state index contributed by atoms with van der Waals surface area (Å²) in [6.45, 7) is 1.31. The minimum Gasteiger partial charge on any atom is -0.494 e. The molecule has 1 aliphatic heterocycles. The number of ether oxygens (including phenoxy) is 2. The minimum absolute atomic E-state index is 0.0130. The molecule has 0 unspecified atom stereocenters. The Morgan fingerprint density at radius 2 is 1.55 bits per heavy atom. The third kappa shape index (κ3) is 6.72. The van der Waals surface area contributed by atoms with E-state index < -0.39 is 0 Å². The van der Waals surface area contributed by atoms with Gasteiger partial charge in [0.2, 0.25) is 11.7 Å². The van der Waals surface area contributed by atoms with Crippen LogP contribution in [0, 0.1) is 11.8 Å². The zero-order valence-electron chi connectivity index (χ0n) is 24.2. The van der Waals surface area contributed by atoms with Crippen LogP contribution >= 0.6 is 0 Å². The number of rotatable bonds is 11. The fourth-order valence-electron chi connectivity index (χ4n) is 6.32. The zero-order chi connectivity index (χ0) is 28.6. The van der Waals surface area contributed by atoms with Crippen molar-refractivity contribution in [1.29, 1.82) is 0 Å². The van der Waals surface area contributed by atoms with Gasteiger partial charge in [-0.05, 0) is 86.6 Å². The predicted octanol–water partition coefficient (Wildman–Crippen LogP) is 6.35. The number of benzene rings is 2. The second-order valence-electron chi connectivity index (χ2n) is 11.5. The Hall–Kier alpha value is -4.01. The van der Waals surface area contributed by atoms with Gasteiger partial charge in [-0.25, -0.2) is 5.01 Å². The molecule has 2 aliphatic carbocycles. The van der Waals surface area contributed by atoms with Crippen LogP contribution in [0.25, 0.3) is 11.4 Å². The highest BCUT2D eigenvalue weighted by Crippen LogP contribution is 2.37. The van der Waals surface area contributed by atoms with Crippen LogP contribution < -0.4 is 9.47 Å². The number of hydrazone groups is 1. The van der Waals surface area contributed by atoms with Crippen LogP contribution in [0.5, 0.6) is 11.5 Å². The molecular weight excluding hydrogens is 528 g/mol. The topological polar surface area (TPSA) is 106 Å². The second-order valence-corrected chi connectivity index (χ2v) is 11.5. The Balaban J connectivity index is 1.01. The normalized spacial score (nSPS) is 21.0. The number of carbonyl (C=O) groups excluding carboxylic acids is 1. The number of fused-ring (bicyclic) bond motifs is 1. The second kappa shape index (κ2) is 13.8. The number of hydrogen-bond donors (Lipinski definition) is 1. The predicted molar refractivity (Wildman–Crippen MR) is 161 cm³/mol. The van der Waals surface area contributed by atoms with Crippen molar-refractivity contribution in [1.82, 2.24) is 25.6 Å². The number of aromatic amines is 1. The summed E-state index contributed by atoms with van der Waals surface area (Å²) in [7, 11) is 0. The van der Waals surface area contributed by atoms with E-state index in [0.29, 0.717) is 19.0 Å². The molecule has 2 heterocycles. The average Bonchev–Trinajstić information content (AvgIpc) is 3.44. The van der Waals surface area contributed by atoms with Crippen molar-refractivity contribution in [3.63, 3.8) is 0 Å². The number of aromatic nitrogens is 4. The fraction of sp³-hybridized carbons (Fsp3) is 0.485.